The van der Waals surface area contributed by atoms with E-state index in [4.69, 9.17) is 0 Å². The zero-order valence-electron chi connectivity index (χ0n) is 13.5. The Balaban J connectivity index is 2.04. The van der Waals surface area contributed by atoms with Gasteiger partial charge in [-0.15, -0.1) is 0 Å². The highest BCUT2D eigenvalue weighted by Gasteiger charge is 2.41. The molecule has 25 heavy (non-hydrogen) atoms. The highest BCUT2D eigenvalue weighted by Crippen LogP contribution is 2.51. The zero-order valence-corrected chi connectivity index (χ0v) is 14.3. The van der Waals surface area contributed by atoms with Gasteiger partial charge in [-0.3, -0.25) is 10.1 Å². The standard InChI is InChI=1S/C20H15NO3S/c1-13-10-11-14(12-17(13)21(23)24)20(22)15-6-2-4-8-18(15)25-19-9-5-3-7-16(19)20/h2-12,22H,1H3. The van der Waals surface area contributed by atoms with Gasteiger partial charge in [-0.2, -0.15) is 0 Å². The third-order valence-corrected chi connectivity index (χ3v) is 5.75. The molecule has 0 aromatic heterocycles. The Morgan fingerprint density at radius 3 is 2.08 bits per heavy atom. The lowest BCUT2D eigenvalue weighted by Gasteiger charge is -2.36. The van der Waals surface area contributed by atoms with Crippen molar-refractivity contribution in [3.05, 3.63) is 99.1 Å². The van der Waals surface area contributed by atoms with Crippen LogP contribution in [0.3, 0.4) is 0 Å². The van der Waals surface area contributed by atoms with Crippen LogP contribution in [0, 0.1) is 17.0 Å². The van der Waals surface area contributed by atoms with Gasteiger partial charge in [-0.05, 0) is 24.6 Å². The number of aliphatic hydroxyl groups is 1. The van der Waals surface area contributed by atoms with Gasteiger partial charge < -0.3 is 5.11 Å². The monoisotopic (exact) mass is 349 g/mol. The highest BCUT2D eigenvalue weighted by atomic mass is 32.2. The maximum Gasteiger partial charge on any atom is 0.272 e. The summed E-state index contributed by atoms with van der Waals surface area (Å²) in [6, 6.07) is 20.2. The number of aryl methyl sites for hydroxylation is 1. The number of nitrogens with zero attached hydrogens (tertiary/aromatic N) is 1. The van der Waals surface area contributed by atoms with Crippen LogP contribution in [-0.4, -0.2) is 10.0 Å². The molecule has 4 nitrogen and oxygen atoms in total. The van der Waals surface area contributed by atoms with Gasteiger partial charge in [0.1, 0.15) is 5.60 Å². The molecule has 4 rings (SSSR count). The molecule has 3 aromatic carbocycles. The Morgan fingerprint density at radius 2 is 1.52 bits per heavy atom. The van der Waals surface area contributed by atoms with Gasteiger partial charge >= 0.3 is 0 Å². The van der Waals surface area contributed by atoms with Gasteiger partial charge in [0.05, 0.1) is 4.92 Å². The van der Waals surface area contributed by atoms with Gasteiger partial charge in [0.2, 0.25) is 0 Å². The fraction of sp³-hybridized carbons (Fsp3) is 0.100. The molecule has 3 aromatic rings. The largest absolute Gasteiger partial charge is 0.376 e. The first-order valence-electron chi connectivity index (χ1n) is 7.86. The topological polar surface area (TPSA) is 63.4 Å². The van der Waals surface area contributed by atoms with Gasteiger partial charge in [0.25, 0.3) is 5.69 Å². The maximum atomic E-state index is 11.8. The molecule has 1 aliphatic rings. The molecule has 1 heterocycles. The van der Waals surface area contributed by atoms with E-state index in [1.165, 1.54) is 6.07 Å². The first kappa shape index (κ1) is 15.9. The smallest absolute Gasteiger partial charge is 0.272 e. The molecule has 0 unspecified atom stereocenters. The Labute approximate surface area is 149 Å². The summed E-state index contributed by atoms with van der Waals surface area (Å²) in [5, 5.41) is 23.2. The Kier molecular flexibility index (Phi) is 3.63. The van der Waals surface area contributed by atoms with Crippen molar-refractivity contribution in [3.63, 3.8) is 0 Å². The van der Waals surface area contributed by atoms with Crippen LogP contribution in [0.2, 0.25) is 0 Å². The van der Waals surface area contributed by atoms with Gasteiger partial charge in [-0.1, -0.05) is 60.3 Å². The minimum absolute atomic E-state index is 0.0131. The van der Waals surface area contributed by atoms with Crippen molar-refractivity contribution < 1.29 is 10.0 Å². The lowest BCUT2D eigenvalue weighted by Crippen LogP contribution is -2.32. The molecular formula is C20H15NO3S. The molecule has 0 bridgehead atoms. The number of rotatable bonds is 2. The van der Waals surface area contributed by atoms with Crippen molar-refractivity contribution in [1.82, 2.24) is 0 Å². The number of hydrogen-bond acceptors (Lipinski definition) is 4. The van der Waals surface area contributed by atoms with Gasteiger partial charge in [0.15, 0.2) is 0 Å². The molecule has 0 atom stereocenters. The van der Waals surface area contributed by atoms with E-state index in [0.29, 0.717) is 11.1 Å². The summed E-state index contributed by atoms with van der Waals surface area (Å²) in [7, 11) is 0. The Morgan fingerprint density at radius 1 is 0.960 bits per heavy atom. The van der Waals surface area contributed by atoms with Crippen LogP contribution in [-0.2, 0) is 5.60 Å². The zero-order chi connectivity index (χ0) is 17.6. The maximum absolute atomic E-state index is 11.8. The molecule has 0 fully saturated rings. The number of fused-ring (bicyclic) bond motifs is 2. The SMILES string of the molecule is Cc1ccc(C2(O)c3ccccc3Sc3ccccc32)cc1[N+](=O)[O-]. The molecule has 1 N–H and O–H groups in total. The molecule has 1 aliphatic heterocycles. The van der Waals surface area contributed by atoms with E-state index in [1.807, 2.05) is 48.5 Å². The van der Waals surface area contributed by atoms with Gasteiger partial charge in [-0.25, -0.2) is 0 Å². The first-order valence-corrected chi connectivity index (χ1v) is 8.68. The normalized spacial score (nSPS) is 14.5. The predicted octanol–water partition coefficient (Wildman–Crippen LogP) is 4.65. The summed E-state index contributed by atoms with van der Waals surface area (Å²) in [5.41, 5.74) is 1.17. The van der Waals surface area contributed by atoms with Crippen LogP contribution in [0.5, 0.6) is 0 Å². The van der Waals surface area contributed by atoms with Crippen molar-refractivity contribution in [3.8, 4) is 0 Å². The van der Waals surface area contributed by atoms with E-state index in [0.717, 1.165) is 20.9 Å². The fourth-order valence-electron chi connectivity index (χ4n) is 3.31. The fourth-order valence-corrected chi connectivity index (χ4v) is 4.50. The predicted molar refractivity (Wildman–Crippen MR) is 96.9 cm³/mol. The minimum Gasteiger partial charge on any atom is -0.376 e. The molecule has 0 saturated heterocycles. The minimum atomic E-state index is -1.42. The van der Waals surface area contributed by atoms with Crippen molar-refractivity contribution >= 4 is 17.4 Å². The van der Waals surface area contributed by atoms with Gasteiger partial charge in [0, 0.05) is 32.5 Å². The van der Waals surface area contributed by atoms with Crippen LogP contribution >= 0.6 is 11.8 Å². The summed E-state index contributed by atoms with van der Waals surface area (Å²) < 4.78 is 0. The third kappa shape index (κ3) is 2.35. The quantitative estimate of drug-likeness (QED) is 0.540. The molecule has 0 spiro atoms. The summed E-state index contributed by atoms with van der Waals surface area (Å²) in [4.78, 5) is 12.9. The highest BCUT2D eigenvalue weighted by molar-refractivity contribution is 7.99. The number of nitro groups is 1. The summed E-state index contributed by atoms with van der Waals surface area (Å²) >= 11 is 1.60. The van der Waals surface area contributed by atoms with Crippen molar-refractivity contribution in [2.45, 2.75) is 22.3 Å². The van der Waals surface area contributed by atoms with E-state index >= 15 is 0 Å². The summed E-state index contributed by atoms with van der Waals surface area (Å²) in [6.45, 7) is 1.70. The molecule has 124 valence electrons. The third-order valence-electron chi connectivity index (χ3n) is 4.60. The van der Waals surface area contributed by atoms with Crippen LogP contribution in [0.15, 0.2) is 76.5 Å². The average molecular weight is 349 g/mol. The van der Waals surface area contributed by atoms with E-state index in [-0.39, 0.29) is 5.69 Å². The van der Waals surface area contributed by atoms with Crippen molar-refractivity contribution in [2.75, 3.05) is 0 Å². The Hall–Kier alpha value is -2.63. The molecule has 0 saturated carbocycles. The first-order chi connectivity index (χ1) is 12.0. The molecule has 0 aliphatic carbocycles. The second kappa shape index (κ2) is 5.72. The number of benzene rings is 3. The lowest BCUT2D eigenvalue weighted by atomic mass is 9.79. The van der Waals surface area contributed by atoms with E-state index in [2.05, 4.69) is 0 Å². The van der Waals surface area contributed by atoms with Crippen LogP contribution in [0.4, 0.5) is 5.69 Å². The van der Waals surface area contributed by atoms with Crippen LogP contribution in [0.1, 0.15) is 22.3 Å². The second-order valence-corrected chi connectivity index (χ2v) is 7.15. The Bertz CT molecular complexity index is 954. The van der Waals surface area contributed by atoms with Crippen LogP contribution in [0.25, 0.3) is 0 Å². The summed E-state index contributed by atoms with van der Waals surface area (Å²) in [5.74, 6) is 0. The van der Waals surface area contributed by atoms with E-state index in [9.17, 15) is 15.2 Å². The van der Waals surface area contributed by atoms with Crippen LogP contribution < -0.4 is 0 Å². The lowest BCUT2D eigenvalue weighted by molar-refractivity contribution is -0.385. The van der Waals surface area contributed by atoms with E-state index in [1.54, 1.807) is 30.8 Å². The molecule has 0 amide bonds. The second-order valence-electron chi connectivity index (χ2n) is 6.06. The average Bonchev–Trinajstić information content (AvgIpc) is 2.62. The number of nitro benzene ring substituents is 1. The molecule has 0 radical (unpaired) electrons. The number of hydrogen-bond donors (Lipinski definition) is 1. The summed E-state index contributed by atoms with van der Waals surface area (Å²) in [6.07, 6.45) is 0. The molecular weight excluding hydrogens is 334 g/mol. The molecule has 5 heteroatoms. The van der Waals surface area contributed by atoms with Crippen molar-refractivity contribution in [2.24, 2.45) is 0 Å². The van der Waals surface area contributed by atoms with Crippen molar-refractivity contribution in [1.29, 1.82) is 0 Å². The van der Waals surface area contributed by atoms with E-state index < -0.39 is 10.5 Å².